The largest absolute Gasteiger partial charge is 0.497 e. The van der Waals surface area contributed by atoms with Gasteiger partial charge in [0.15, 0.2) is 0 Å². The lowest BCUT2D eigenvalue weighted by Gasteiger charge is -2.22. The van der Waals surface area contributed by atoms with E-state index in [-0.39, 0.29) is 18.4 Å². The van der Waals surface area contributed by atoms with E-state index >= 15 is 0 Å². The van der Waals surface area contributed by atoms with Crippen LogP contribution in [0.1, 0.15) is 19.4 Å². The van der Waals surface area contributed by atoms with Crippen LogP contribution < -0.4 is 4.74 Å². The lowest BCUT2D eigenvalue weighted by atomic mass is 10.1. The molecule has 0 aliphatic carbocycles. The van der Waals surface area contributed by atoms with Crippen LogP contribution in [0, 0.1) is 5.92 Å². The number of methoxy groups -OCH3 is 1. The smallest absolute Gasteiger partial charge is 0.302 e. The second-order valence-corrected chi connectivity index (χ2v) is 8.75. The van der Waals surface area contributed by atoms with Crippen LogP contribution in [0.3, 0.4) is 0 Å². The van der Waals surface area contributed by atoms with Gasteiger partial charge >= 0.3 is 5.24 Å². The molecule has 2 heterocycles. The maximum atomic E-state index is 12.0. The molecule has 0 saturated heterocycles. The molecule has 162 valence electrons. The third kappa shape index (κ3) is 4.45. The van der Waals surface area contributed by atoms with Crippen LogP contribution in [0.25, 0.3) is 22.4 Å². The number of benzene rings is 2. The predicted molar refractivity (Wildman–Crippen MR) is 125 cm³/mol. The summed E-state index contributed by atoms with van der Waals surface area (Å²) in [7, 11) is 1.66. The van der Waals surface area contributed by atoms with E-state index in [0.29, 0.717) is 11.7 Å². The molecule has 1 aliphatic rings. The fourth-order valence-corrected chi connectivity index (χ4v) is 4.40. The molecule has 1 amide bonds. The van der Waals surface area contributed by atoms with E-state index in [0.717, 1.165) is 46.0 Å². The van der Waals surface area contributed by atoms with Crippen molar-refractivity contribution in [3.05, 3.63) is 48.0 Å². The zero-order valence-electron chi connectivity index (χ0n) is 17.9. The quantitative estimate of drug-likeness (QED) is 0.597. The molecule has 4 rings (SSSR count). The Labute approximate surface area is 185 Å². The zero-order valence-corrected chi connectivity index (χ0v) is 18.7. The number of aromatic nitrogens is 2. The summed E-state index contributed by atoms with van der Waals surface area (Å²) in [6, 6.07) is 14.1. The van der Waals surface area contributed by atoms with Crippen molar-refractivity contribution in [2.24, 2.45) is 11.0 Å². The van der Waals surface area contributed by atoms with E-state index in [1.807, 2.05) is 36.4 Å². The minimum atomic E-state index is -0.139. The van der Waals surface area contributed by atoms with Gasteiger partial charge < -0.3 is 14.4 Å². The van der Waals surface area contributed by atoms with Crippen LogP contribution in [-0.2, 0) is 6.54 Å². The van der Waals surface area contributed by atoms with Gasteiger partial charge in [-0.05, 0) is 30.2 Å². The lowest BCUT2D eigenvalue weighted by molar-refractivity contribution is 0.200. The molecule has 31 heavy (non-hydrogen) atoms. The van der Waals surface area contributed by atoms with Crippen molar-refractivity contribution >= 4 is 33.7 Å². The molecule has 0 bridgehead atoms. The normalized spacial score (nSPS) is 14.4. The number of hydrazone groups is 1. The third-order valence-corrected chi connectivity index (χ3v) is 5.93. The molecule has 8 heteroatoms. The van der Waals surface area contributed by atoms with E-state index in [1.54, 1.807) is 7.11 Å². The Morgan fingerprint density at radius 1 is 1.19 bits per heavy atom. The van der Waals surface area contributed by atoms with Gasteiger partial charge in [-0.15, -0.1) is 0 Å². The molecule has 3 aromatic rings. The number of aliphatic hydroxyl groups is 1. The van der Waals surface area contributed by atoms with Crippen LogP contribution in [0.2, 0.25) is 0 Å². The zero-order chi connectivity index (χ0) is 22.0. The summed E-state index contributed by atoms with van der Waals surface area (Å²) in [6.45, 7) is 5.30. The molecule has 7 nitrogen and oxygen atoms in total. The van der Waals surface area contributed by atoms with Gasteiger partial charge in [0.1, 0.15) is 11.6 Å². The Balaban J connectivity index is 1.80. The van der Waals surface area contributed by atoms with Crippen molar-refractivity contribution in [2.45, 2.75) is 20.4 Å². The van der Waals surface area contributed by atoms with Gasteiger partial charge in [0.05, 0.1) is 37.0 Å². The summed E-state index contributed by atoms with van der Waals surface area (Å²) in [6.07, 6.45) is 0. The number of ether oxygens (including phenoxy) is 1. The number of hydrogen-bond acceptors (Lipinski definition) is 6. The molecule has 0 unspecified atom stereocenters. The fraction of sp³-hybridized carbons (Fsp3) is 0.348. The maximum absolute atomic E-state index is 12.0. The highest BCUT2D eigenvalue weighted by atomic mass is 32.2. The Hall–Kier alpha value is -2.84. The molecule has 0 saturated carbocycles. The van der Waals surface area contributed by atoms with E-state index in [2.05, 4.69) is 29.6 Å². The number of nitrogens with zero attached hydrogens (tertiary/aromatic N) is 4. The van der Waals surface area contributed by atoms with E-state index in [9.17, 15) is 9.90 Å². The summed E-state index contributed by atoms with van der Waals surface area (Å²) in [5.41, 5.74) is 4.68. The first-order valence-corrected chi connectivity index (χ1v) is 11.3. The van der Waals surface area contributed by atoms with Crippen LogP contribution in [0.15, 0.2) is 47.6 Å². The molecular formula is C23H26N4O3S. The standard InChI is InChI=1S/C23H26N4O3S/c1-15(2)13-26-21-8-7-16(20-14-31-23(29)27(25-20)9-10-28)12-19(21)24-22(26)17-5-4-6-18(11-17)30-3/h4-8,11-12,15,28H,9-10,13-14H2,1-3H3. The third-order valence-electron chi connectivity index (χ3n) is 5.05. The van der Waals surface area contributed by atoms with Crippen molar-refractivity contribution in [2.75, 3.05) is 26.0 Å². The Morgan fingerprint density at radius 3 is 2.77 bits per heavy atom. The molecule has 1 N–H and O–H groups in total. The van der Waals surface area contributed by atoms with Gasteiger partial charge in [-0.25, -0.2) is 9.99 Å². The van der Waals surface area contributed by atoms with Crippen molar-refractivity contribution in [1.29, 1.82) is 0 Å². The molecule has 0 atom stereocenters. The van der Waals surface area contributed by atoms with Gasteiger partial charge in [0.25, 0.3) is 0 Å². The minimum absolute atomic E-state index is 0.119. The molecule has 2 aromatic carbocycles. The minimum Gasteiger partial charge on any atom is -0.497 e. The highest BCUT2D eigenvalue weighted by Crippen LogP contribution is 2.30. The monoisotopic (exact) mass is 438 g/mol. The Morgan fingerprint density at radius 2 is 2.03 bits per heavy atom. The second kappa shape index (κ2) is 9.11. The summed E-state index contributed by atoms with van der Waals surface area (Å²) in [5.74, 6) is 2.65. The summed E-state index contributed by atoms with van der Waals surface area (Å²) in [4.78, 5) is 16.9. The van der Waals surface area contributed by atoms with Crippen molar-refractivity contribution in [3.8, 4) is 17.1 Å². The average molecular weight is 439 g/mol. The van der Waals surface area contributed by atoms with Crippen molar-refractivity contribution < 1.29 is 14.6 Å². The molecule has 0 radical (unpaired) electrons. The van der Waals surface area contributed by atoms with Crippen LogP contribution in [-0.4, -0.2) is 56.6 Å². The number of aliphatic hydroxyl groups excluding tert-OH is 1. The number of imidazole rings is 1. The van der Waals surface area contributed by atoms with E-state index < -0.39 is 0 Å². The maximum Gasteiger partial charge on any atom is 0.302 e. The van der Waals surface area contributed by atoms with Gasteiger partial charge in [0.2, 0.25) is 0 Å². The summed E-state index contributed by atoms with van der Waals surface area (Å²) < 4.78 is 7.65. The molecule has 0 fully saturated rings. The number of carbonyl (C=O) groups excluding carboxylic acids is 1. The van der Waals surface area contributed by atoms with Gasteiger partial charge in [-0.3, -0.25) is 4.79 Å². The summed E-state index contributed by atoms with van der Waals surface area (Å²) in [5, 5.41) is 14.8. The SMILES string of the molecule is COc1cccc(-c2nc3cc(C4=NN(CCO)C(=O)SC4)ccc3n2CC(C)C)c1. The molecular weight excluding hydrogens is 412 g/mol. The van der Waals surface area contributed by atoms with Gasteiger partial charge in [0, 0.05) is 23.4 Å². The number of carbonyl (C=O) groups is 1. The topological polar surface area (TPSA) is 80.0 Å². The number of thioether (sulfide) groups is 1. The van der Waals surface area contributed by atoms with Crippen LogP contribution in [0.5, 0.6) is 5.75 Å². The highest BCUT2D eigenvalue weighted by molar-refractivity contribution is 8.14. The first kappa shape index (κ1) is 21.4. The van der Waals surface area contributed by atoms with Crippen molar-refractivity contribution in [3.63, 3.8) is 0 Å². The van der Waals surface area contributed by atoms with Crippen LogP contribution >= 0.6 is 11.8 Å². The van der Waals surface area contributed by atoms with Gasteiger partial charge in [-0.1, -0.05) is 43.8 Å². The number of amides is 1. The number of hydrogen-bond donors (Lipinski definition) is 1. The van der Waals surface area contributed by atoms with E-state index in [1.165, 1.54) is 16.8 Å². The number of rotatable bonds is 7. The van der Waals surface area contributed by atoms with E-state index in [4.69, 9.17) is 9.72 Å². The van der Waals surface area contributed by atoms with Crippen LogP contribution in [0.4, 0.5) is 4.79 Å². The Bertz CT molecular complexity index is 1140. The molecule has 1 aromatic heterocycles. The Kier molecular flexibility index (Phi) is 6.29. The van der Waals surface area contributed by atoms with Gasteiger partial charge in [-0.2, -0.15) is 5.10 Å². The first-order valence-electron chi connectivity index (χ1n) is 10.3. The highest BCUT2D eigenvalue weighted by Gasteiger charge is 2.22. The molecule has 1 aliphatic heterocycles. The molecule has 0 spiro atoms. The number of fused-ring (bicyclic) bond motifs is 1. The fourth-order valence-electron chi connectivity index (χ4n) is 3.64. The average Bonchev–Trinajstić information content (AvgIpc) is 3.12. The van der Waals surface area contributed by atoms with Crippen molar-refractivity contribution in [1.82, 2.24) is 14.6 Å². The number of β-amino-alcohol motifs (C(OH)–C–C–N with tert-alkyl or cyclic N) is 1. The first-order chi connectivity index (χ1) is 15.0. The lowest BCUT2D eigenvalue weighted by Crippen LogP contribution is -2.32. The predicted octanol–water partition coefficient (Wildman–Crippen LogP) is 4.23. The second-order valence-electron chi connectivity index (χ2n) is 7.82. The summed E-state index contributed by atoms with van der Waals surface area (Å²) >= 11 is 1.20.